The number of amides is 1. The van der Waals surface area contributed by atoms with E-state index in [1.165, 1.54) is 23.0 Å². The van der Waals surface area contributed by atoms with Gasteiger partial charge in [0, 0.05) is 18.8 Å². The van der Waals surface area contributed by atoms with Crippen LogP contribution in [0.1, 0.15) is 30.0 Å². The van der Waals surface area contributed by atoms with Gasteiger partial charge in [-0.2, -0.15) is 18.3 Å². The zero-order chi connectivity index (χ0) is 23.0. The minimum absolute atomic E-state index is 0.0746. The number of aromatic nitrogens is 5. The fourth-order valence-electron chi connectivity index (χ4n) is 3.27. The average molecular weight is 452 g/mol. The highest BCUT2D eigenvalue weighted by atomic mass is 19.4. The fraction of sp³-hybridized carbons (Fsp3) is 0.400. The number of carbonyl (C=O) groups is 1. The van der Waals surface area contributed by atoms with Crippen LogP contribution in [0.2, 0.25) is 0 Å². The Morgan fingerprint density at radius 1 is 1.28 bits per heavy atom. The molecule has 1 fully saturated rings. The van der Waals surface area contributed by atoms with E-state index >= 15 is 0 Å². The van der Waals surface area contributed by atoms with Gasteiger partial charge in [0.15, 0.2) is 5.82 Å². The summed E-state index contributed by atoms with van der Waals surface area (Å²) in [7, 11) is 0. The van der Waals surface area contributed by atoms with Gasteiger partial charge < -0.3 is 5.32 Å². The van der Waals surface area contributed by atoms with Crippen molar-refractivity contribution in [3.8, 4) is 11.4 Å². The first-order chi connectivity index (χ1) is 15.1. The van der Waals surface area contributed by atoms with Crippen molar-refractivity contribution in [2.45, 2.75) is 51.6 Å². The number of hydrogen-bond acceptors (Lipinski definition) is 4. The summed E-state index contributed by atoms with van der Waals surface area (Å²) in [5.74, 6) is -0.723. The smallest absolute Gasteiger partial charge is 0.350 e. The highest BCUT2D eigenvalue weighted by molar-refractivity contribution is 5.75. The third-order valence-corrected chi connectivity index (χ3v) is 5.03. The molecule has 1 aliphatic rings. The highest BCUT2D eigenvalue weighted by Gasteiger charge is 2.32. The number of aryl methyl sites for hydroxylation is 1. The maximum absolute atomic E-state index is 13.6. The van der Waals surface area contributed by atoms with E-state index in [0.29, 0.717) is 11.1 Å². The van der Waals surface area contributed by atoms with Gasteiger partial charge in [-0.1, -0.05) is 12.1 Å². The van der Waals surface area contributed by atoms with Crippen LogP contribution in [0.25, 0.3) is 11.4 Å². The molecular formula is C20H20F4N6O2. The lowest BCUT2D eigenvalue weighted by Gasteiger charge is -2.06. The zero-order valence-electron chi connectivity index (χ0n) is 17.1. The van der Waals surface area contributed by atoms with Crippen LogP contribution in [0, 0.1) is 12.7 Å². The number of carbonyl (C=O) groups excluding carboxylic acids is 1. The zero-order valence-corrected chi connectivity index (χ0v) is 17.1. The monoisotopic (exact) mass is 452 g/mol. The van der Waals surface area contributed by atoms with Gasteiger partial charge in [-0.3, -0.25) is 14.0 Å². The van der Waals surface area contributed by atoms with E-state index in [1.54, 1.807) is 19.1 Å². The van der Waals surface area contributed by atoms with E-state index in [0.717, 1.165) is 22.2 Å². The first-order valence-electron chi connectivity index (χ1n) is 9.91. The van der Waals surface area contributed by atoms with Crippen molar-refractivity contribution >= 4 is 5.91 Å². The third kappa shape index (κ3) is 4.89. The van der Waals surface area contributed by atoms with Gasteiger partial charge >= 0.3 is 11.9 Å². The number of alkyl halides is 3. The summed E-state index contributed by atoms with van der Waals surface area (Å²) in [5.41, 5.74) is 0.786. The standard InChI is InChI=1S/C20H20F4N6O2/c1-12-2-3-13(6-16(12)21)7-25-17(31)10-29-19(32)30(15-4-5-15)18(27-29)14-8-26-28(9-14)11-20(22,23)24/h2-3,6,8-9,15H,4-5,7,10-11H2,1H3,(H,25,31). The van der Waals surface area contributed by atoms with Crippen LogP contribution in [-0.4, -0.2) is 36.2 Å². The van der Waals surface area contributed by atoms with Gasteiger partial charge in [-0.05, 0) is 37.0 Å². The lowest BCUT2D eigenvalue weighted by molar-refractivity contribution is -0.142. The molecule has 0 unspecified atom stereocenters. The summed E-state index contributed by atoms with van der Waals surface area (Å²) in [5, 5.41) is 10.5. The first-order valence-corrected chi connectivity index (χ1v) is 9.91. The Morgan fingerprint density at radius 2 is 2.03 bits per heavy atom. The lowest BCUT2D eigenvalue weighted by atomic mass is 10.1. The van der Waals surface area contributed by atoms with Crippen molar-refractivity contribution in [2.75, 3.05) is 0 Å². The normalized spacial score (nSPS) is 14.0. The molecule has 8 nitrogen and oxygen atoms in total. The Kier molecular flexibility index (Phi) is 5.61. The van der Waals surface area contributed by atoms with Gasteiger partial charge in [-0.15, -0.1) is 5.10 Å². The molecule has 0 saturated heterocycles. The molecule has 1 aliphatic carbocycles. The van der Waals surface area contributed by atoms with Gasteiger partial charge in [0.25, 0.3) is 0 Å². The van der Waals surface area contributed by atoms with E-state index in [4.69, 9.17) is 0 Å². The number of nitrogens with one attached hydrogen (secondary N) is 1. The minimum atomic E-state index is -4.43. The molecule has 0 aliphatic heterocycles. The predicted octanol–water partition coefficient (Wildman–Crippen LogP) is 2.57. The second-order valence-corrected chi connectivity index (χ2v) is 7.77. The molecule has 0 radical (unpaired) electrons. The second kappa shape index (κ2) is 8.24. The van der Waals surface area contributed by atoms with Gasteiger partial charge in [0.1, 0.15) is 18.9 Å². The largest absolute Gasteiger partial charge is 0.408 e. The van der Waals surface area contributed by atoms with Gasteiger partial charge in [-0.25, -0.2) is 13.9 Å². The Bertz CT molecular complexity index is 1210. The summed E-state index contributed by atoms with van der Waals surface area (Å²) >= 11 is 0. The molecule has 1 amide bonds. The Labute approximate surface area is 179 Å². The third-order valence-electron chi connectivity index (χ3n) is 5.03. The van der Waals surface area contributed by atoms with Crippen LogP contribution in [-0.2, 0) is 24.4 Å². The van der Waals surface area contributed by atoms with Crippen LogP contribution in [0.3, 0.4) is 0 Å². The number of halogens is 4. The average Bonchev–Trinajstić information content (AvgIpc) is 3.36. The van der Waals surface area contributed by atoms with Crippen LogP contribution < -0.4 is 11.0 Å². The van der Waals surface area contributed by atoms with Crippen LogP contribution >= 0.6 is 0 Å². The van der Waals surface area contributed by atoms with E-state index in [1.807, 2.05) is 0 Å². The quantitative estimate of drug-likeness (QED) is 0.559. The van der Waals surface area contributed by atoms with E-state index in [2.05, 4.69) is 15.5 Å². The molecule has 0 atom stereocenters. The number of nitrogens with zero attached hydrogens (tertiary/aromatic N) is 5. The molecule has 12 heteroatoms. The van der Waals surface area contributed by atoms with Crippen molar-refractivity contribution in [3.05, 3.63) is 58.0 Å². The summed E-state index contributed by atoms with van der Waals surface area (Å²) in [6.07, 6.45) is -0.578. The van der Waals surface area contributed by atoms with E-state index in [9.17, 15) is 27.2 Å². The van der Waals surface area contributed by atoms with Crippen molar-refractivity contribution in [1.29, 1.82) is 0 Å². The molecule has 1 saturated carbocycles. The molecule has 4 rings (SSSR count). The SMILES string of the molecule is Cc1ccc(CNC(=O)Cn2nc(-c3cnn(CC(F)(F)F)c3)n(C3CC3)c2=O)cc1F. The number of hydrogen-bond donors (Lipinski definition) is 1. The lowest BCUT2D eigenvalue weighted by Crippen LogP contribution is -2.33. The maximum Gasteiger partial charge on any atom is 0.408 e. The molecule has 2 heterocycles. The predicted molar refractivity (Wildman–Crippen MR) is 105 cm³/mol. The summed E-state index contributed by atoms with van der Waals surface area (Å²) in [6.45, 7) is 0.0654. The molecule has 170 valence electrons. The van der Waals surface area contributed by atoms with Crippen LogP contribution in [0.4, 0.5) is 17.6 Å². The van der Waals surface area contributed by atoms with Gasteiger partial charge in [0.2, 0.25) is 5.91 Å². The first kappa shape index (κ1) is 21.8. The topological polar surface area (TPSA) is 86.7 Å². The minimum Gasteiger partial charge on any atom is -0.350 e. The molecule has 32 heavy (non-hydrogen) atoms. The maximum atomic E-state index is 13.6. The fourth-order valence-corrected chi connectivity index (χ4v) is 3.27. The molecular weight excluding hydrogens is 432 g/mol. The number of rotatable bonds is 7. The Morgan fingerprint density at radius 3 is 2.69 bits per heavy atom. The van der Waals surface area contributed by atoms with Crippen LogP contribution in [0.5, 0.6) is 0 Å². The summed E-state index contributed by atoms with van der Waals surface area (Å²) in [4.78, 5) is 25.1. The summed E-state index contributed by atoms with van der Waals surface area (Å²) in [6, 6.07) is 4.49. The summed E-state index contributed by atoms with van der Waals surface area (Å²) < 4.78 is 54.6. The van der Waals surface area contributed by atoms with Crippen molar-refractivity contribution in [2.24, 2.45) is 0 Å². The van der Waals surface area contributed by atoms with Crippen LogP contribution in [0.15, 0.2) is 35.4 Å². The number of benzene rings is 1. The van der Waals surface area contributed by atoms with Gasteiger partial charge in [0.05, 0.1) is 11.8 Å². The Balaban J connectivity index is 1.50. The highest BCUT2D eigenvalue weighted by Crippen LogP contribution is 2.36. The molecule has 3 aromatic rings. The van der Waals surface area contributed by atoms with Crippen molar-refractivity contribution < 1.29 is 22.4 Å². The van der Waals surface area contributed by atoms with Crippen molar-refractivity contribution in [3.63, 3.8) is 0 Å². The molecule has 0 bridgehead atoms. The van der Waals surface area contributed by atoms with E-state index in [-0.39, 0.29) is 36.3 Å². The molecule has 0 spiro atoms. The molecule has 1 N–H and O–H groups in total. The molecule has 1 aromatic carbocycles. The van der Waals surface area contributed by atoms with E-state index < -0.39 is 24.3 Å². The van der Waals surface area contributed by atoms with Crippen molar-refractivity contribution in [1.82, 2.24) is 29.4 Å². The molecule has 2 aromatic heterocycles. The second-order valence-electron chi connectivity index (χ2n) is 7.77. The Hall–Kier alpha value is -3.44.